The zero-order valence-corrected chi connectivity index (χ0v) is 13.7. The SMILES string of the molecule is Cc1cccc2nc(C(=O)N(C)Cc3ccc(C(F)(F)F)cc3)cn12. The van der Waals surface area contributed by atoms with Gasteiger partial charge in [0, 0.05) is 25.5 Å². The van der Waals surface area contributed by atoms with Gasteiger partial charge in [0.1, 0.15) is 11.3 Å². The molecule has 0 spiro atoms. The van der Waals surface area contributed by atoms with E-state index in [0.29, 0.717) is 16.9 Å². The van der Waals surface area contributed by atoms with Crippen LogP contribution in [0.5, 0.6) is 0 Å². The van der Waals surface area contributed by atoms with Gasteiger partial charge in [0.2, 0.25) is 0 Å². The lowest BCUT2D eigenvalue weighted by Gasteiger charge is -2.16. The molecule has 0 aliphatic carbocycles. The van der Waals surface area contributed by atoms with Crippen LogP contribution < -0.4 is 0 Å². The van der Waals surface area contributed by atoms with E-state index in [9.17, 15) is 18.0 Å². The van der Waals surface area contributed by atoms with Gasteiger partial charge in [0.05, 0.1) is 5.56 Å². The highest BCUT2D eigenvalue weighted by Crippen LogP contribution is 2.29. The molecule has 1 aromatic carbocycles. The number of nitrogens with zero attached hydrogens (tertiary/aromatic N) is 3. The number of alkyl halides is 3. The molecule has 2 aromatic heterocycles. The van der Waals surface area contributed by atoms with Crippen molar-refractivity contribution in [1.82, 2.24) is 14.3 Å². The maximum atomic E-state index is 12.6. The first-order valence-electron chi connectivity index (χ1n) is 7.62. The first-order chi connectivity index (χ1) is 11.8. The molecule has 4 nitrogen and oxygen atoms in total. The summed E-state index contributed by atoms with van der Waals surface area (Å²) in [5.41, 5.74) is 1.83. The van der Waals surface area contributed by atoms with Crippen molar-refractivity contribution >= 4 is 11.6 Å². The Balaban J connectivity index is 1.76. The van der Waals surface area contributed by atoms with Crippen LogP contribution in [0, 0.1) is 6.92 Å². The number of benzene rings is 1. The third kappa shape index (κ3) is 3.50. The Bertz CT molecular complexity index is 913. The molecule has 0 aliphatic heterocycles. The van der Waals surface area contributed by atoms with Gasteiger partial charge in [-0.3, -0.25) is 4.79 Å². The zero-order chi connectivity index (χ0) is 18.2. The number of halogens is 3. The van der Waals surface area contributed by atoms with Gasteiger partial charge < -0.3 is 9.30 Å². The molecule has 2 heterocycles. The van der Waals surface area contributed by atoms with Gasteiger partial charge >= 0.3 is 6.18 Å². The molecule has 3 rings (SSSR count). The van der Waals surface area contributed by atoms with Crippen LogP contribution in [0.2, 0.25) is 0 Å². The van der Waals surface area contributed by atoms with Crippen LogP contribution in [-0.4, -0.2) is 27.2 Å². The number of hydrogen-bond acceptors (Lipinski definition) is 2. The summed E-state index contributed by atoms with van der Waals surface area (Å²) in [5.74, 6) is -0.289. The van der Waals surface area contributed by atoms with Crippen molar-refractivity contribution in [1.29, 1.82) is 0 Å². The first-order valence-corrected chi connectivity index (χ1v) is 7.62. The molecule has 7 heteroatoms. The fourth-order valence-corrected chi connectivity index (χ4v) is 2.59. The summed E-state index contributed by atoms with van der Waals surface area (Å²) in [5, 5.41) is 0. The van der Waals surface area contributed by atoms with Crippen LogP contribution >= 0.6 is 0 Å². The van der Waals surface area contributed by atoms with Crippen molar-refractivity contribution in [2.24, 2.45) is 0 Å². The maximum absolute atomic E-state index is 12.6. The predicted molar refractivity (Wildman–Crippen MR) is 87.2 cm³/mol. The van der Waals surface area contributed by atoms with Crippen LogP contribution in [0.4, 0.5) is 13.2 Å². The van der Waals surface area contributed by atoms with Crippen molar-refractivity contribution in [2.45, 2.75) is 19.6 Å². The fourth-order valence-electron chi connectivity index (χ4n) is 2.59. The molecule has 0 aliphatic rings. The van der Waals surface area contributed by atoms with E-state index in [0.717, 1.165) is 17.8 Å². The van der Waals surface area contributed by atoms with Gasteiger partial charge in [-0.15, -0.1) is 0 Å². The topological polar surface area (TPSA) is 37.6 Å². The Hall–Kier alpha value is -2.83. The van der Waals surface area contributed by atoms with E-state index in [-0.39, 0.29) is 12.5 Å². The van der Waals surface area contributed by atoms with Crippen LogP contribution in [-0.2, 0) is 12.7 Å². The molecule has 1 amide bonds. The summed E-state index contributed by atoms with van der Waals surface area (Å²) < 4.78 is 39.6. The van der Waals surface area contributed by atoms with Crippen molar-refractivity contribution < 1.29 is 18.0 Å². The van der Waals surface area contributed by atoms with Gasteiger partial charge in [0.15, 0.2) is 0 Å². The first kappa shape index (κ1) is 17.0. The number of hydrogen-bond donors (Lipinski definition) is 0. The molecule has 130 valence electrons. The minimum Gasteiger partial charge on any atom is -0.336 e. The van der Waals surface area contributed by atoms with E-state index in [1.54, 1.807) is 19.3 Å². The summed E-state index contributed by atoms with van der Waals surface area (Å²) in [6.07, 6.45) is -2.70. The molecular weight excluding hydrogens is 331 g/mol. The van der Waals surface area contributed by atoms with E-state index >= 15 is 0 Å². The third-order valence-corrected chi connectivity index (χ3v) is 3.96. The van der Waals surface area contributed by atoms with E-state index in [1.165, 1.54) is 17.0 Å². The molecule has 3 aromatic rings. The fraction of sp³-hybridized carbons (Fsp3) is 0.222. The van der Waals surface area contributed by atoms with Gasteiger partial charge in [-0.1, -0.05) is 18.2 Å². The average Bonchev–Trinajstić information content (AvgIpc) is 2.99. The minimum atomic E-state index is -4.37. The Labute approximate surface area is 142 Å². The summed E-state index contributed by atoms with van der Waals surface area (Å²) in [6, 6.07) is 10.4. The molecule has 0 N–H and O–H groups in total. The number of rotatable bonds is 3. The van der Waals surface area contributed by atoms with E-state index in [1.807, 2.05) is 23.5 Å². The largest absolute Gasteiger partial charge is 0.416 e. The zero-order valence-electron chi connectivity index (χ0n) is 13.7. The minimum absolute atomic E-state index is 0.198. The molecule has 0 saturated heterocycles. The third-order valence-electron chi connectivity index (χ3n) is 3.96. The number of fused-ring (bicyclic) bond motifs is 1. The van der Waals surface area contributed by atoms with Crippen LogP contribution in [0.1, 0.15) is 27.3 Å². The van der Waals surface area contributed by atoms with Crippen LogP contribution in [0.25, 0.3) is 5.65 Å². The van der Waals surface area contributed by atoms with Gasteiger partial charge in [-0.2, -0.15) is 13.2 Å². The smallest absolute Gasteiger partial charge is 0.336 e. The van der Waals surface area contributed by atoms with Crippen LogP contribution in [0.3, 0.4) is 0 Å². The molecular formula is C18H16F3N3O. The number of aryl methyl sites for hydroxylation is 1. The lowest BCUT2D eigenvalue weighted by molar-refractivity contribution is -0.137. The number of imidazole rings is 1. The summed E-state index contributed by atoms with van der Waals surface area (Å²) in [7, 11) is 1.59. The number of carbonyl (C=O) groups is 1. The molecule has 0 unspecified atom stereocenters. The normalized spacial score (nSPS) is 11.7. The number of carbonyl (C=O) groups excluding carboxylic acids is 1. The Morgan fingerprint density at radius 2 is 1.84 bits per heavy atom. The van der Waals surface area contributed by atoms with E-state index in [2.05, 4.69) is 4.98 Å². The lowest BCUT2D eigenvalue weighted by Crippen LogP contribution is -2.26. The highest BCUT2D eigenvalue weighted by Gasteiger charge is 2.30. The number of aromatic nitrogens is 2. The highest BCUT2D eigenvalue weighted by atomic mass is 19.4. The maximum Gasteiger partial charge on any atom is 0.416 e. The molecule has 0 saturated carbocycles. The summed E-state index contributed by atoms with van der Waals surface area (Å²) >= 11 is 0. The van der Waals surface area contributed by atoms with Crippen molar-refractivity contribution in [2.75, 3.05) is 7.05 Å². The second-order valence-electron chi connectivity index (χ2n) is 5.88. The van der Waals surface area contributed by atoms with Crippen LogP contribution in [0.15, 0.2) is 48.7 Å². The highest BCUT2D eigenvalue weighted by molar-refractivity contribution is 5.92. The van der Waals surface area contributed by atoms with Gasteiger partial charge in [0.25, 0.3) is 5.91 Å². The van der Waals surface area contributed by atoms with Crippen molar-refractivity contribution in [3.63, 3.8) is 0 Å². The molecule has 25 heavy (non-hydrogen) atoms. The quantitative estimate of drug-likeness (QED) is 0.720. The number of pyridine rings is 1. The molecule has 0 atom stereocenters. The molecule has 0 fully saturated rings. The monoisotopic (exact) mass is 347 g/mol. The Morgan fingerprint density at radius 1 is 1.16 bits per heavy atom. The van der Waals surface area contributed by atoms with Gasteiger partial charge in [-0.05, 0) is 36.8 Å². The van der Waals surface area contributed by atoms with Crippen molar-refractivity contribution in [3.05, 3.63) is 71.2 Å². The van der Waals surface area contributed by atoms with Gasteiger partial charge in [-0.25, -0.2) is 4.98 Å². The number of amides is 1. The van der Waals surface area contributed by atoms with E-state index < -0.39 is 11.7 Å². The Morgan fingerprint density at radius 3 is 2.44 bits per heavy atom. The summed E-state index contributed by atoms with van der Waals surface area (Å²) in [4.78, 5) is 18.3. The standard InChI is InChI=1S/C18H16F3N3O/c1-12-4-3-5-16-22-15(11-24(12)16)17(25)23(2)10-13-6-8-14(9-7-13)18(19,20)21/h3-9,11H,10H2,1-2H3. The Kier molecular flexibility index (Phi) is 4.24. The summed E-state index contributed by atoms with van der Waals surface area (Å²) in [6.45, 7) is 2.11. The predicted octanol–water partition coefficient (Wildman–Crippen LogP) is 3.93. The molecule has 0 bridgehead atoms. The average molecular weight is 347 g/mol. The lowest BCUT2D eigenvalue weighted by atomic mass is 10.1. The second kappa shape index (κ2) is 6.23. The second-order valence-corrected chi connectivity index (χ2v) is 5.88. The van der Waals surface area contributed by atoms with Crippen molar-refractivity contribution in [3.8, 4) is 0 Å². The molecule has 0 radical (unpaired) electrons. The van der Waals surface area contributed by atoms with E-state index in [4.69, 9.17) is 0 Å².